The minimum Gasteiger partial charge on any atom is -0.295 e. The third-order valence-corrected chi connectivity index (χ3v) is 3.40. The molecule has 68 valence electrons. The van der Waals surface area contributed by atoms with Crippen molar-refractivity contribution in [2.45, 2.75) is 37.2 Å². The molecule has 0 spiro atoms. The van der Waals surface area contributed by atoms with Crippen molar-refractivity contribution in [3.8, 4) is 0 Å². The molecule has 2 amide bonds. The lowest BCUT2D eigenvalue weighted by atomic mass is 10.3. The number of carbonyl (C=O) groups excluding carboxylic acids is 2. The summed E-state index contributed by atoms with van der Waals surface area (Å²) in [4.78, 5) is 21.9. The molecule has 12 heavy (non-hydrogen) atoms. The zero-order chi connectivity index (χ0) is 9.14. The van der Waals surface area contributed by atoms with E-state index in [4.69, 9.17) is 0 Å². The number of thioether (sulfide) groups is 1. The SMILES string of the molecule is CCC(C)SC1CC(=O)NC1=O. The van der Waals surface area contributed by atoms with E-state index in [0.717, 1.165) is 6.42 Å². The zero-order valence-corrected chi connectivity index (χ0v) is 8.11. The van der Waals surface area contributed by atoms with E-state index in [0.29, 0.717) is 11.7 Å². The first-order chi connectivity index (χ1) is 5.63. The number of imide groups is 1. The first-order valence-corrected chi connectivity index (χ1v) is 5.07. The third kappa shape index (κ3) is 2.24. The Bertz CT molecular complexity index is 205. The fourth-order valence-corrected chi connectivity index (χ4v) is 2.20. The van der Waals surface area contributed by atoms with Crippen LogP contribution in [0.15, 0.2) is 0 Å². The first-order valence-electron chi connectivity index (χ1n) is 4.12. The summed E-state index contributed by atoms with van der Waals surface area (Å²) in [6.07, 6.45) is 1.39. The van der Waals surface area contributed by atoms with E-state index < -0.39 is 0 Å². The monoisotopic (exact) mass is 187 g/mol. The first kappa shape index (κ1) is 9.58. The molecule has 0 aromatic carbocycles. The number of hydrogen-bond donors (Lipinski definition) is 1. The van der Waals surface area contributed by atoms with Crippen LogP contribution in [0, 0.1) is 0 Å². The van der Waals surface area contributed by atoms with Gasteiger partial charge in [-0.3, -0.25) is 14.9 Å². The van der Waals surface area contributed by atoms with Gasteiger partial charge in [0.1, 0.15) is 0 Å². The highest BCUT2D eigenvalue weighted by molar-refractivity contribution is 8.01. The molecule has 3 nitrogen and oxygen atoms in total. The quantitative estimate of drug-likeness (QED) is 0.669. The minimum absolute atomic E-state index is 0.120. The van der Waals surface area contributed by atoms with E-state index in [9.17, 15) is 9.59 Å². The molecule has 0 aliphatic carbocycles. The summed E-state index contributed by atoms with van der Waals surface area (Å²) in [6.45, 7) is 4.15. The number of rotatable bonds is 3. The van der Waals surface area contributed by atoms with Gasteiger partial charge in [-0.15, -0.1) is 11.8 Å². The van der Waals surface area contributed by atoms with E-state index in [-0.39, 0.29) is 17.1 Å². The van der Waals surface area contributed by atoms with Crippen LogP contribution < -0.4 is 5.32 Å². The molecule has 2 atom stereocenters. The van der Waals surface area contributed by atoms with Crippen LogP contribution in [0.2, 0.25) is 0 Å². The van der Waals surface area contributed by atoms with Crippen LogP contribution in [0.25, 0.3) is 0 Å². The Labute approximate surface area is 76.3 Å². The Hall–Kier alpha value is -0.510. The maximum Gasteiger partial charge on any atom is 0.240 e. The topological polar surface area (TPSA) is 46.2 Å². The molecule has 1 rings (SSSR count). The lowest BCUT2D eigenvalue weighted by Gasteiger charge is -2.10. The van der Waals surface area contributed by atoms with Gasteiger partial charge in [0.25, 0.3) is 0 Å². The highest BCUT2D eigenvalue weighted by Gasteiger charge is 2.31. The molecule has 1 fully saturated rings. The standard InChI is InChI=1S/C8H13NO2S/c1-3-5(2)12-6-4-7(10)9-8(6)11/h5-6H,3-4H2,1-2H3,(H,9,10,11). The summed E-state index contributed by atoms with van der Waals surface area (Å²) in [5.41, 5.74) is 0. The largest absolute Gasteiger partial charge is 0.295 e. The molecule has 0 aromatic rings. The van der Waals surface area contributed by atoms with Gasteiger partial charge in [-0.25, -0.2) is 0 Å². The van der Waals surface area contributed by atoms with Crippen LogP contribution in [-0.4, -0.2) is 22.3 Å². The maximum atomic E-state index is 11.1. The van der Waals surface area contributed by atoms with Crippen LogP contribution in [-0.2, 0) is 9.59 Å². The molecule has 0 radical (unpaired) electrons. The van der Waals surface area contributed by atoms with Crippen molar-refractivity contribution in [1.82, 2.24) is 5.32 Å². The Morgan fingerprint density at radius 3 is 2.75 bits per heavy atom. The smallest absolute Gasteiger partial charge is 0.240 e. The van der Waals surface area contributed by atoms with E-state index in [1.165, 1.54) is 0 Å². The molecule has 1 heterocycles. The fourth-order valence-electron chi connectivity index (χ4n) is 1.02. The van der Waals surface area contributed by atoms with Crippen LogP contribution in [0.3, 0.4) is 0 Å². The van der Waals surface area contributed by atoms with Gasteiger partial charge in [0.05, 0.1) is 5.25 Å². The number of nitrogens with one attached hydrogen (secondary N) is 1. The molecular weight excluding hydrogens is 174 g/mol. The second-order valence-corrected chi connectivity index (χ2v) is 4.61. The molecule has 0 aromatic heterocycles. The van der Waals surface area contributed by atoms with E-state index in [1.54, 1.807) is 11.8 Å². The molecule has 1 aliphatic heterocycles. The van der Waals surface area contributed by atoms with E-state index in [2.05, 4.69) is 19.2 Å². The van der Waals surface area contributed by atoms with Crippen molar-refractivity contribution in [3.63, 3.8) is 0 Å². The van der Waals surface area contributed by atoms with Gasteiger partial charge in [0.15, 0.2) is 0 Å². The summed E-state index contributed by atoms with van der Waals surface area (Å²) in [5, 5.41) is 2.60. The van der Waals surface area contributed by atoms with Crippen molar-refractivity contribution in [1.29, 1.82) is 0 Å². The Morgan fingerprint density at radius 1 is 1.67 bits per heavy atom. The highest BCUT2D eigenvalue weighted by Crippen LogP contribution is 2.25. The van der Waals surface area contributed by atoms with Crippen LogP contribution >= 0.6 is 11.8 Å². The van der Waals surface area contributed by atoms with Crippen molar-refractivity contribution in [3.05, 3.63) is 0 Å². The number of amides is 2. The molecule has 1 aliphatic rings. The van der Waals surface area contributed by atoms with Crippen LogP contribution in [0.1, 0.15) is 26.7 Å². The summed E-state index contributed by atoms with van der Waals surface area (Å²) in [5.74, 6) is -0.258. The summed E-state index contributed by atoms with van der Waals surface area (Å²) >= 11 is 1.59. The van der Waals surface area contributed by atoms with Crippen LogP contribution in [0.4, 0.5) is 0 Å². The second-order valence-electron chi connectivity index (χ2n) is 2.96. The molecule has 0 bridgehead atoms. The Kier molecular flexibility index (Phi) is 3.14. The van der Waals surface area contributed by atoms with Gasteiger partial charge in [-0.05, 0) is 6.42 Å². The lowest BCUT2D eigenvalue weighted by molar-refractivity contribution is -0.124. The zero-order valence-electron chi connectivity index (χ0n) is 7.29. The molecule has 0 saturated carbocycles. The molecule has 2 unspecified atom stereocenters. The average Bonchev–Trinajstić information content (AvgIpc) is 2.30. The van der Waals surface area contributed by atoms with Crippen molar-refractivity contribution in [2.75, 3.05) is 0 Å². The number of hydrogen-bond acceptors (Lipinski definition) is 3. The third-order valence-electron chi connectivity index (χ3n) is 1.90. The minimum atomic E-state index is -0.146. The summed E-state index contributed by atoms with van der Waals surface area (Å²) in [7, 11) is 0. The predicted octanol–water partition coefficient (Wildman–Crippen LogP) is 0.933. The fraction of sp³-hybridized carbons (Fsp3) is 0.750. The molecule has 1 N–H and O–H groups in total. The van der Waals surface area contributed by atoms with Crippen molar-refractivity contribution < 1.29 is 9.59 Å². The lowest BCUT2D eigenvalue weighted by Crippen LogP contribution is -2.23. The van der Waals surface area contributed by atoms with Gasteiger partial charge in [0, 0.05) is 11.7 Å². The normalized spacial score (nSPS) is 25.7. The van der Waals surface area contributed by atoms with Gasteiger partial charge in [-0.1, -0.05) is 13.8 Å². The van der Waals surface area contributed by atoms with Crippen LogP contribution in [0.5, 0.6) is 0 Å². The van der Waals surface area contributed by atoms with E-state index >= 15 is 0 Å². The summed E-state index contributed by atoms with van der Waals surface area (Å²) < 4.78 is 0. The second kappa shape index (κ2) is 3.94. The molecule has 4 heteroatoms. The highest BCUT2D eigenvalue weighted by atomic mass is 32.2. The van der Waals surface area contributed by atoms with Gasteiger partial charge < -0.3 is 0 Å². The average molecular weight is 187 g/mol. The van der Waals surface area contributed by atoms with Gasteiger partial charge >= 0.3 is 0 Å². The predicted molar refractivity (Wildman–Crippen MR) is 48.9 cm³/mol. The molecule has 1 saturated heterocycles. The van der Waals surface area contributed by atoms with Crippen molar-refractivity contribution >= 4 is 23.6 Å². The van der Waals surface area contributed by atoms with Gasteiger partial charge in [0.2, 0.25) is 11.8 Å². The maximum absolute atomic E-state index is 11.1. The summed E-state index contributed by atoms with van der Waals surface area (Å²) in [6, 6.07) is 0. The molecular formula is C8H13NO2S. The van der Waals surface area contributed by atoms with E-state index in [1.807, 2.05) is 0 Å². The van der Waals surface area contributed by atoms with Crippen molar-refractivity contribution in [2.24, 2.45) is 0 Å². The number of carbonyl (C=O) groups is 2. The Morgan fingerprint density at radius 2 is 2.33 bits per heavy atom. The Balaban J connectivity index is 2.43. The van der Waals surface area contributed by atoms with Gasteiger partial charge in [-0.2, -0.15) is 0 Å².